The molecule has 1 fully saturated rings. The van der Waals surface area contributed by atoms with Crippen LogP contribution in [-0.2, 0) is 0 Å². The average molecular weight is 272 g/mol. The Morgan fingerprint density at radius 3 is 2.89 bits per heavy atom. The van der Waals surface area contributed by atoms with Crippen molar-refractivity contribution in [2.75, 3.05) is 11.9 Å². The van der Waals surface area contributed by atoms with Crippen LogP contribution in [0.1, 0.15) is 19.8 Å². The number of aliphatic hydroxyl groups is 1. The number of nitrogens with one attached hydrogen (secondary N) is 1. The zero-order chi connectivity index (χ0) is 13.3. The van der Waals surface area contributed by atoms with Gasteiger partial charge in [0.05, 0.1) is 15.5 Å². The molecule has 1 aromatic rings. The Labute approximate surface area is 109 Å². The van der Waals surface area contributed by atoms with Crippen LogP contribution in [0.2, 0.25) is 5.02 Å². The molecule has 2 N–H and O–H groups in total. The highest BCUT2D eigenvalue weighted by molar-refractivity contribution is 6.33. The second-order valence-electron chi connectivity index (χ2n) is 4.77. The highest BCUT2D eigenvalue weighted by atomic mass is 35.5. The van der Waals surface area contributed by atoms with Crippen molar-refractivity contribution in [2.45, 2.75) is 25.4 Å². The Morgan fingerprint density at radius 2 is 2.39 bits per heavy atom. The van der Waals surface area contributed by atoms with Gasteiger partial charge < -0.3 is 10.4 Å². The Bertz CT molecular complexity index is 475. The SMILES string of the molecule is C[C@@](O)(CNc1ncc([N+](=O)[O-])cc1Cl)C1CC1. The van der Waals surface area contributed by atoms with Crippen molar-refractivity contribution in [3.05, 3.63) is 27.4 Å². The van der Waals surface area contributed by atoms with Gasteiger partial charge in [-0.05, 0) is 25.7 Å². The first-order valence-corrected chi connectivity index (χ1v) is 6.04. The molecule has 0 bridgehead atoms. The smallest absolute Gasteiger partial charge is 0.289 e. The van der Waals surface area contributed by atoms with E-state index in [1.165, 1.54) is 6.07 Å². The molecule has 0 aromatic carbocycles. The first-order valence-electron chi connectivity index (χ1n) is 5.66. The zero-order valence-corrected chi connectivity index (χ0v) is 10.6. The molecule has 0 aliphatic heterocycles. The molecule has 1 atom stereocenters. The van der Waals surface area contributed by atoms with E-state index in [2.05, 4.69) is 10.3 Å². The molecule has 2 rings (SSSR count). The largest absolute Gasteiger partial charge is 0.388 e. The summed E-state index contributed by atoms with van der Waals surface area (Å²) in [6, 6.07) is 1.24. The third-order valence-electron chi connectivity index (χ3n) is 3.11. The lowest BCUT2D eigenvalue weighted by molar-refractivity contribution is -0.385. The molecule has 0 unspecified atom stereocenters. The maximum atomic E-state index is 10.5. The van der Waals surface area contributed by atoms with E-state index in [0.717, 1.165) is 19.0 Å². The molecule has 1 aliphatic rings. The van der Waals surface area contributed by atoms with Gasteiger partial charge in [-0.1, -0.05) is 11.6 Å². The van der Waals surface area contributed by atoms with Crippen LogP contribution in [0, 0.1) is 16.0 Å². The van der Waals surface area contributed by atoms with Crippen molar-refractivity contribution in [1.82, 2.24) is 4.98 Å². The molecule has 1 heterocycles. The number of hydrogen-bond acceptors (Lipinski definition) is 5. The molecule has 0 saturated heterocycles. The molecule has 6 nitrogen and oxygen atoms in total. The second kappa shape index (κ2) is 4.70. The van der Waals surface area contributed by atoms with Crippen molar-refractivity contribution >= 4 is 23.1 Å². The lowest BCUT2D eigenvalue weighted by Gasteiger charge is -2.23. The summed E-state index contributed by atoms with van der Waals surface area (Å²) in [6.45, 7) is 2.08. The quantitative estimate of drug-likeness (QED) is 0.633. The van der Waals surface area contributed by atoms with Gasteiger partial charge >= 0.3 is 0 Å². The van der Waals surface area contributed by atoms with Crippen molar-refractivity contribution in [3.8, 4) is 0 Å². The number of nitrogens with zero attached hydrogens (tertiary/aromatic N) is 2. The number of hydrogen-bond donors (Lipinski definition) is 2. The minimum Gasteiger partial charge on any atom is -0.388 e. The van der Waals surface area contributed by atoms with Crippen molar-refractivity contribution < 1.29 is 10.0 Å². The molecule has 98 valence electrons. The van der Waals surface area contributed by atoms with Gasteiger partial charge in [-0.3, -0.25) is 10.1 Å². The normalized spacial score (nSPS) is 18.2. The predicted octanol–water partition coefficient (Wildman–Crippen LogP) is 2.22. The van der Waals surface area contributed by atoms with Gasteiger partial charge in [0.1, 0.15) is 12.0 Å². The fraction of sp³-hybridized carbons (Fsp3) is 0.545. The van der Waals surface area contributed by atoms with E-state index in [9.17, 15) is 15.2 Å². The van der Waals surface area contributed by atoms with E-state index < -0.39 is 10.5 Å². The standard InChI is InChI=1S/C11H14ClN3O3/c1-11(16,7-2-3-7)6-14-10-9(12)4-8(5-13-10)15(17)18/h4-5,7,16H,2-3,6H2,1H3,(H,13,14)/t11-/m1/s1. The number of aromatic nitrogens is 1. The van der Waals surface area contributed by atoms with Gasteiger partial charge in [-0.2, -0.15) is 0 Å². The highest BCUT2D eigenvalue weighted by Gasteiger charge is 2.39. The van der Waals surface area contributed by atoms with Crippen LogP contribution in [0.3, 0.4) is 0 Å². The maximum Gasteiger partial charge on any atom is 0.289 e. The van der Waals surface area contributed by atoms with Crippen molar-refractivity contribution in [2.24, 2.45) is 5.92 Å². The summed E-state index contributed by atoms with van der Waals surface area (Å²) in [4.78, 5) is 13.9. The second-order valence-corrected chi connectivity index (χ2v) is 5.17. The monoisotopic (exact) mass is 271 g/mol. The first kappa shape index (κ1) is 13.0. The fourth-order valence-electron chi connectivity index (χ4n) is 1.77. The number of rotatable bonds is 5. The average Bonchev–Trinajstić information content (AvgIpc) is 3.11. The van der Waals surface area contributed by atoms with Crippen LogP contribution in [0.5, 0.6) is 0 Å². The van der Waals surface area contributed by atoms with E-state index in [1.807, 2.05) is 0 Å². The van der Waals surface area contributed by atoms with Crippen molar-refractivity contribution in [1.29, 1.82) is 0 Å². The Morgan fingerprint density at radius 1 is 1.72 bits per heavy atom. The molecule has 0 spiro atoms. The van der Waals surface area contributed by atoms with Gasteiger partial charge in [0.15, 0.2) is 0 Å². The zero-order valence-electron chi connectivity index (χ0n) is 9.89. The van der Waals surface area contributed by atoms with E-state index in [4.69, 9.17) is 11.6 Å². The van der Waals surface area contributed by atoms with E-state index >= 15 is 0 Å². The highest BCUT2D eigenvalue weighted by Crippen LogP contribution is 2.39. The third kappa shape index (κ3) is 2.88. The predicted molar refractivity (Wildman–Crippen MR) is 67.7 cm³/mol. The molecule has 1 aromatic heterocycles. The van der Waals surface area contributed by atoms with E-state index in [-0.39, 0.29) is 10.7 Å². The van der Waals surface area contributed by atoms with E-state index in [0.29, 0.717) is 18.3 Å². The molecular formula is C11H14ClN3O3. The Kier molecular flexibility index (Phi) is 3.41. The van der Waals surface area contributed by atoms with Crippen LogP contribution in [0.4, 0.5) is 11.5 Å². The van der Waals surface area contributed by atoms with Crippen LogP contribution in [0.15, 0.2) is 12.3 Å². The van der Waals surface area contributed by atoms with Gasteiger partial charge in [0.2, 0.25) is 0 Å². The maximum absolute atomic E-state index is 10.5. The molecule has 0 radical (unpaired) electrons. The van der Waals surface area contributed by atoms with Crippen LogP contribution in [0.25, 0.3) is 0 Å². The minimum atomic E-state index is -0.799. The molecular weight excluding hydrogens is 258 g/mol. The third-order valence-corrected chi connectivity index (χ3v) is 3.40. The number of anilines is 1. The summed E-state index contributed by atoms with van der Waals surface area (Å²) in [6.07, 6.45) is 3.19. The molecule has 18 heavy (non-hydrogen) atoms. The summed E-state index contributed by atoms with van der Waals surface area (Å²) in [5.74, 6) is 0.657. The first-order chi connectivity index (χ1) is 8.40. The van der Waals surface area contributed by atoms with Crippen LogP contribution >= 0.6 is 11.6 Å². The summed E-state index contributed by atoms with van der Waals surface area (Å²) in [7, 11) is 0. The summed E-state index contributed by atoms with van der Waals surface area (Å²) in [5, 5.41) is 23.7. The Hall–Kier alpha value is -1.40. The Balaban J connectivity index is 2.03. The van der Waals surface area contributed by atoms with E-state index in [1.54, 1.807) is 6.92 Å². The lowest BCUT2D eigenvalue weighted by atomic mass is 10.0. The van der Waals surface area contributed by atoms with Gasteiger partial charge in [-0.15, -0.1) is 0 Å². The van der Waals surface area contributed by atoms with Gasteiger partial charge in [0, 0.05) is 12.6 Å². The molecule has 7 heteroatoms. The number of pyridine rings is 1. The number of nitro groups is 1. The molecule has 0 amide bonds. The number of halogens is 1. The van der Waals surface area contributed by atoms with Crippen molar-refractivity contribution in [3.63, 3.8) is 0 Å². The topological polar surface area (TPSA) is 88.3 Å². The summed E-state index contributed by atoms with van der Waals surface area (Å²) >= 11 is 5.89. The molecule has 1 aliphatic carbocycles. The lowest BCUT2D eigenvalue weighted by Crippen LogP contribution is -2.35. The summed E-state index contributed by atoms with van der Waals surface area (Å²) < 4.78 is 0. The van der Waals surface area contributed by atoms with Crippen LogP contribution < -0.4 is 5.32 Å². The minimum absolute atomic E-state index is 0.153. The van der Waals surface area contributed by atoms with Gasteiger partial charge in [-0.25, -0.2) is 4.98 Å². The summed E-state index contributed by atoms with van der Waals surface area (Å²) in [5.41, 5.74) is -0.952. The van der Waals surface area contributed by atoms with Gasteiger partial charge in [0.25, 0.3) is 5.69 Å². The fourth-order valence-corrected chi connectivity index (χ4v) is 2.00. The van der Waals surface area contributed by atoms with Crippen LogP contribution in [-0.4, -0.2) is 27.2 Å². The molecule has 1 saturated carbocycles.